The molecule has 0 fully saturated rings. The average molecular weight is 539 g/mol. The Balaban J connectivity index is 2.02. The maximum atomic E-state index is 13.9. The Bertz CT molecular complexity index is 1290. The van der Waals surface area contributed by atoms with Gasteiger partial charge in [0.15, 0.2) is 5.82 Å². The summed E-state index contributed by atoms with van der Waals surface area (Å²) < 4.78 is 4.98. The first-order valence-electron chi connectivity index (χ1n) is 12.8. The summed E-state index contributed by atoms with van der Waals surface area (Å²) in [6.07, 6.45) is 1.09. The number of nitrogens with one attached hydrogen (secondary N) is 2. The van der Waals surface area contributed by atoms with Crippen molar-refractivity contribution in [2.45, 2.75) is 71.9 Å². The van der Waals surface area contributed by atoms with Crippen LogP contribution in [-0.4, -0.2) is 28.4 Å². The third-order valence-electron chi connectivity index (χ3n) is 6.41. The van der Waals surface area contributed by atoms with Crippen LogP contribution in [0.5, 0.6) is 0 Å². The van der Waals surface area contributed by atoms with Gasteiger partial charge in [-0.15, -0.1) is 0 Å². The van der Waals surface area contributed by atoms with E-state index in [1.54, 1.807) is 37.3 Å². The van der Waals surface area contributed by atoms with E-state index in [2.05, 4.69) is 15.8 Å². The molecule has 1 atom stereocenters. The molecule has 8 nitrogen and oxygen atoms in total. The Kier molecular flexibility index (Phi) is 9.69. The number of benzene rings is 2. The predicted octanol–water partition coefficient (Wildman–Crippen LogP) is 6.00. The van der Waals surface area contributed by atoms with Crippen molar-refractivity contribution in [3.8, 4) is 0 Å². The van der Waals surface area contributed by atoms with Gasteiger partial charge in [0.25, 0.3) is 0 Å². The highest BCUT2D eigenvalue weighted by Crippen LogP contribution is 2.35. The van der Waals surface area contributed by atoms with Crippen molar-refractivity contribution >= 4 is 40.8 Å². The summed E-state index contributed by atoms with van der Waals surface area (Å²) in [7, 11) is 0. The fraction of sp³-hybridized carbons (Fsp3) is 0.379. The number of aromatic nitrogens is 1. The van der Waals surface area contributed by atoms with Gasteiger partial charge in [0.1, 0.15) is 11.8 Å². The van der Waals surface area contributed by atoms with Gasteiger partial charge in [-0.25, -0.2) is 0 Å². The van der Waals surface area contributed by atoms with Crippen LogP contribution in [0, 0.1) is 6.92 Å². The molecule has 3 aromatic rings. The molecule has 0 spiro atoms. The molecule has 1 aromatic heterocycles. The van der Waals surface area contributed by atoms with Crippen molar-refractivity contribution < 1.29 is 18.9 Å². The van der Waals surface area contributed by atoms with Crippen LogP contribution in [0.2, 0.25) is 5.02 Å². The second-order valence-corrected chi connectivity index (χ2v) is 10.2. The number of aryl methyl sites for hydroxylation is 2. The van der Waals surface area contributed by atoms with Crippen LogP contribution >= 0.6 is 11.6 Å². The van der Waals surface area contributed by atoms with Gasteiger partial charge < -0.3 is 15.2 Å². The van der Waals surface area contributed by atoms with Crippen molar-refractivity contribution in [2.24, 2.45) is 0 Å². The lowest BCUT2D eigenvalue weighted by molar-refractivity contribution is -0.128. The first-order valence-corrected chi connectivity index (χ1v) is 13.1. The van der Waals surface area contributed by atoms with Gasteiger partial charge >= 0.3 is 0 Å². The first-order chi connectivity index (χ1) is 18.1. The standard InChI is InChI=1S/C29H35ClN4O4/c1-6-20-12-8-11-15-23(20)34(26(36)17-16-25(35)31-24-18-19(3)38-33-24)27(21-13-9-10-14-22(21)30)28(37)32-29(4,5)7-2/h8-15,18,27H,6-7,16-17H2,1-5H3,(H,32,37)(H,31,33,35). The Hall–Kier alpha value is -3.65. The van der Waals surface area contributed by atoms with Gasteiger partial charge in [-0.05, 0) is 51.3 Å². The highest BCUT2D eigenvalue weighted by molar-refractivity contribution is 6.31. The molecule has 0 aliphatic heterocycles. The molecule has 38 heavy (non-hydrogen) atoms. The number of halogens is 1. The molecule has 2 aromatic carbocycles. The largest absolute Gasteiger partial charge is 0.360 e. The molecule has 3 amide bonds. The van der Waals surface area contributed by atoms with Gasteiger partial charge in [0.05, 0.1) is 0 Å². The van der Waals surface area contributed by atoms with E-state index in [0.717, 1.165) is 5.56 Å². The average Bonchev–Trinajstić information content (AvgIpc) is 3.30. The Labute approximate surface area is 228 Å². The summed E-state index contributed by atoms with van der Waals surface area (Å²) in [6, 6.07) is 15.0. The van der Waals surface area contributed by atoms with Crippen molar-refractivity contribution in [1.29, 1.82) is 0 Å². The van der Waals surface area contributed by atoms with Crippen molar-refractivity contribution in [3.63, 3.8) is 0 Å². The van der Waals surface area contributed by atoms with Crippen LogP contribution in [0.25, 0.3) is 0 Å². The summed E-state index contributed by atoms with van der Waals surface area (Å²) in [6.45, 7) is 9.54. The van der Waals surface area contributed by atoms with Gasteiger partial charge in [0, 0.05) is 40.7 Å². The zero-order valence-corrected chi connectivity index (χ0v) is 23.3. The number of nitrogens with zero attached hydrogens (tertiary/aromatic N) is 2. The third-order valence-corrected chi connectivity index (χ3v) is 6.76. The normalized spacial score (nSPS) is 12.1. The van der Waals surface area contributed by atoms with Gasteiger partial charge in [-0.3, -0.25) is 19.3 Å². The minimum absolute atomic E-state index is 0.104. The minimum atomic E-state index is -1.05. The van der Waals surface area contributed by atoms with E-state index < -0.39 is 11.6 Å². The lowest BCUT2D eigenvalue weighted by Gasteiger charge is -2.36. The van der Waals surface area contributed by atoms with E-state index in [0.29, 0.717) is 34.9 Å². The maximum absolute atomic E-state index is 13.9. The number of anilines is 2. The highest BCUT2D eigenvalue weighted by atomic mass is 35.5. The molecule has 0 bridgehead atoms. The Morgan fingerprint density at radius 1 is 1.05 bits per heavy atom. The molecular weight excluding hydrogens is 504 g/mol. The number of amides is 3. The summed E-state index contributed by atoms with van der Waals surface area (Å²) in [5.41, 5.74) is 1.48. The van der Waals surface area contributed by atoms with Gasteiger partial charge in [-0.1, -0.05) is 67.0 Å². The maximum Gasteiger partial charge on any atom is 0.248 e. The number of para-hydroxylation sites is 1. The summed E-state index contributed by atoms with van der Waals surface area (Å²) in [4.78, 5) is 41.9. The van der Waals surface area contributed by atoms with Crippen molar-refractivity contribution in [1.82, 2.24) is 10.5 Å². The molecule has 0 saturated carbocycles. The van der Waals surface area contributed by atoms with E-state index in [1.165, 1.54) is 4.90 Å². The monoisotopic (exact) mass is 538 g/mol. The lowest BCUT2D eigenvalue weighted by Crippen LogP contribution is -2.50. The zero-order chi connectivity index (χ0) is 27.9. The molecule has 0 saturated heterocycles. The zero-order valence-electron chi connectivity index (χ0n) is 22.5. The fourth-order valence-corrected chi connectivity index (χ4v) is 4.26. The smallest absolute Gasteiger partial charge is 0.248 e. The number of rotatable bonds is 11. The van der Waals surface area contributed by atoms with Crippen LogP contribution in [0.3, 0.4) is 0 Å². The quantitative estimate of drug-likeness (QED) is 0.311. The highest BCUT2D eigenvalue weighted by Gasteiger charge is 2.36. The van der Waals surface area contributed by atoms with E-state index in [9.17, 15) is 14.4 Å². The lowest BCUT2D eigenvalue weighted by atomic mass is 9.97. The number of carbonyl (C=O) groups is 3. The molecule has 2 N–H and O–H groups in total. The van der Waals surface area contributed by atoms with Crippen LogP contribution in [0.4, 0.5) is 11.5 Å². The first kappa shape index (κ1) is 28.9. The summed E-state index contributed by atoms with van der Waals surface area (Å²) in [5, 5.41) is 9.85. The second kappa shape index (κ2) is 12.7. The van der Waals surface area contributed by atoms with Crippen molar-refractivity contribution in [3.05, 3.63) is 76.5 Å². The summed E-state index contributed by atoms with van der Waals surface area (Å²) in [5.74, 6) is -0.287. The molecule has 3 rings (SSSR count). The van der Waals surface area contributed by atoms with Crippen LogP contribution in [0.1, 0.15) is 69.9 Å². The number of hydrogen-bond acceptors (Lipinski definition) is 5. The van der Waals surface area contributed by atoms with E-state index in [1.807, 2.05) is 52.0 Å². The van der Waals surface area contributed by atoms with Gasteiger partial charge in [-0.2, -0.15) is 0 Å². The second-order valence-electron chi connectivity index (χ2n) is 9.77. The number of hydrogen-bond donors (Lipinski definition) is 2. The van der Waals surface area contributed by atoms with Crippen LogP contribution in [0.15, 0.2) is 59.1 Å². The topological polar surface area (TPSA) is 105 Å². The van der Waals surface area contributed by atoms with E-state index >= 15 is 0 Å². The SMILES string of the molecule is CCc1ccccc1N(C(=O)CCC(=O)Nc1cc(C)on1)C(C(=O)NC(C)(C)CC)c1ccccc1Cl. The molecule has 9 heteroatoms. The fourth-order valence-electron chi connectivity index (χ4n) is 4.02. The van der Waals surface area contributed by atoms with Gasteiger partial charge in [0.2, 0.25) is 17.7 Å². The molecule has 0 aliphatic rings. The molecule has 202 valence electrons. The Morgan fingerprint density at radius 3 is 2.37 bits per heavy atom. The van der Waals surface area contributed by atoms with Crippen LogP contribution in [-0.2, 0) is 20.8 Å². The molecule has 1 unspecified atom stereocenters. The third kappa shape index (κ3) is 7.22. The predicted molar refractivity (Wildman–Crippen MR) is 149 cm³/mol. The molecular formula is C29H35ClN4O4. The number of carbonyl (C=O) groups excluding carboxylic acids is 3. The van der Waals surface area contributed by atoms with E-state index in [-0.39, 0.29) is 36.4 Å². The van der Waals surface area contributed by atoms with Crippen molar-refractivity contribution in [2.75, 3.05) is 10.2 Å². The summed E-state index contributed by atoms with van der Waals surface area (Å²) >= 11 is 6.60. The molecule has 0 radical (unpaired) electrons. The van der Waals surface area contributed by atoms with Crippen LogP contribution < -0.4 is 15.5 Å². The Morgan fingerprint density at radius 2 is 1.74 bits per heavy atom. The molecule has 0 aliphatic carbocycles. The minimum Gasteiger partial charge on any atom is -0.360 e. The molecule has 1 heterocycles. The van der Waals surface area contributed by atoms with E-state index in [4.69, 9.17) is 16.1 Å².